The first-order chi connectivity index (χ1) is 8.99. The number of nitro groups is 1. The van der Waals surface area contributed by atoms with Crippen LogP contribution in [0.15, 0.2) is 29.3 Å². The highest BCUT2D eigenvalue weighted by Gasteiger charge is 2.04. The molecule has 0 heterocycles. The van der Waals surface area contributed by atoms with E-state index in [1.807, 2.05) is 0 Å². The lowest BCUT2D eigenvalue weighted by Gasteiger charge is -2.04. The molecule has 1 aromatic carbocycles. The first-order valence-corrected chi connectivity index (χ1v) is 5.35. The van der Waals surface area contributed by atoms with Crippen molar-refractivity contribution in [2.75, 3.05) is 14.1 Å². The third kappa shape index (κ3) is 5.59. The standard InChI is InChI=1S/C11H14N4O4/c1-14(2)8-12-11(16)13-19-7-9-3-5-10(6-4-9)15(17)18/h3-6,8H,7H2,1-2H3,(H,13,16)/b12-8+. The molecular weight excluding hydrogens is 252 g/mol. The fourth-order valence-electron chi connectivity index (χ4n) is 1.09. The quantitative estimate of drug-likeness (QED) is 0.375. The maximum Gasteiger partial charge on any atom is 0.366 e. The van der Waals surface area contributed by atoms with Crippen LogP contribution in [0, 0.1) is 10.1 Å². The van der Waals surface area contributed by atoms with Crippen LogP contribution < -0.4 is 5.48 Å². The number of carbonyl (C=O) groups is 1. The van der Waals surface area contributed by atoms with Gasteiger partial charge in [0.15, 0.2) is 0 Å². The third-order valence-electron chi connectivity index (χ3n) is 1.95. The van der Waals surface area contributed by atoms with Crippen molar-refractivity contribution in [3.05, 3.63) is 39.9 Å². The van der Waals surface area contributed by atoms with E-state index in [2.05, 4.69) is 10.5 Å². The Bertz CT molecular complexity index is 470. The molecule has 102 valence electrons. The van der Waals surface area contributed by atoms with Gasteiger partial charge in [-0.15, -0.1) is 0 Å². The van der Waals surface area contributed by atoms with Gasteiger partial charge < -0.3 is 4.90 Å². The fraction of sp³-hybridized carbons (Fsp3) is 0.273. The summed E-state index contributed by atoms with van der Waals surface area (Å²) in [6.45, 7) is 0.0984. The summed E-state index contributed by atoms with van der Waals surface area (Å²) in [7, 11) is 3.46. The second kappa shape index (κ2) is 7.07. The molecule has 19 heavy (non-hydrogen) atoms. The minimum absolute atomic E-state index is 0.00312. The highest BCUT2D eigenvalue weighted by atomic mass is 16.7. The van der Waals surface area contributed by atoms with Crippen LogP contribution in [0.3, 0.4) is 0 Å². The second-order valence-corrected chi connectivity index (χ2v) is 3.83. The summed E-state index contributed by atoms with van der Waals surface area (Å²) in [5, 5.41) is 10.4. The molecule has 8 nitrogen and oxygen atoms in total. The number of non-ortho nitro benzene ring substituents is 1. The topological polar surface area (TPSA) is 97.1 Å². The maximum atomic E-state index is 11.1. The van der Waals surface area contributed by atoms with Gasteiger partial charge in [-0.1, -0.05) is 0 Å². The van der Waals surface area contributed by atoms with E-state index in [0.29, 0.717) is 5.56 Å². The number of amides is 2. The van der Waals surface area contributed by atoms with Gasteiger partial charge in [-0.25, -0.2) is 10.3 Å². The number of carbonyl (C=O) groups excluding carboxylic acids is 1. The molecule has 2 amide bonds. The molecule has 0 unspecified atom stereocenters. The summed E-state index contributed by atoms with van der Waals surface area (Å²) >= 11 is 0. The zero-order valence-electron chi connectivity index (χ0n) is 10.6. The number of rotatable bonds is 5. The van der Waals surface area contributed by atoms with Gasteiger partial charge in [-0.3, -0.25) is 15.0 Å². The summed E-state index contributed by atoms with van der Waals surface area (Å²) < 4.78 is 0. The third-order valence-corrected chi connectivity index (χ3v) is 1.95. The van der Waals surface area contributed by atoms with Gasteiger partial charge in [-0.05, 0) is 17.7 Å². The molecule has 0 atom stereocenters. The van der Waals surface area contributed by atoms with Gasteiger partial charge in [-0.2, -0.15) is 4.99 Å². The normalized spacial score (nSPS) is 10.4. The molecule has 0 spiro atoms. The Hall–Kier alpha value is -2.48. The van der Waals surface area contributed by atoms with Crippen molar-refractivity contribution >= 4 is 18.1 Å². The number of benzene rings is 1. The lowest BCUT2D eigenvalue weighted by molar-refractivity contribution is -0.384. The van der Waals surface area contributed by atoms with Crippen molar-refractivity contribution in [1.82, 2.24) is 10.4 Å². The zero-order valence-corrected chi connectivity index (χ0v) is 10.6. The molecule has 0 aromatic heterocycles. The van der Waals surface area contributed by atoms with Crippen LogP contribution in [0.1, 0.15) is 5.56 Å². The summed E-state index contributed by atoms with van der Waals surface area (Å²) in [6.07, 6.45) is 1.34. The minimum Gasteiger partial charge on any atom is -0.369 e. The molecule has 0 aliphatic rings. The predicted octanol–water partition coefficient (Wildman–Crippen LogP) is 1.33. The molecule has 0 bridgehead atoms. The van der Waals surface area contributed by atoms with Gasteiger partial charge >= 0.3 is 6.03 Å². The van der Waals surface area contributed by atoms with E-state index in [1.165, 1.54) is 18.5 Å². The molecule has 0 saturated heterocycles. The highest BCUT2D eigenvalue weighted by molar-refractivity contribution is 5.81. The lowest BCUT2D eigenvalue weighted by Crippen LogP contribution is -2.21. The summed E-state index contributed by atoms with van der Waals surface area (Å²) in [6, 6.07) is 5.20. The second-order valence-electron chi connectivity index (χ2n) is 3.83. The molecule has 0 saturated carbocycles. The van der Waals surface area contributed by atoms with Crippen molar-refractivity contribution in [2.24, 2.45) is 4.99 Å². The van der Waals surface area contributed by atoms with E-state index < -0.39 is 11.0 Å². The molecule has 0 fully saturated rings. The first-order valence-electron chi connectivity index (χ1n) is 5.35. The van der Waals surface area contributed by atoms with Crippen molar-refractivity contribution in [2.45, 2.75) is 6.61 Å². The van der Waals surface area contributed by atoms with Crippen LogP contribution in [-0.2, 0) is 11.4 Å². The van der Waals surface area contributed by atoms with Gasteiger partial charge in [0, 0.05) is 26.2 Å². The van der Waals surface area contributed by atoms with E-state index in [-0.39, 0.29) is 12.3 Å². The minimum atomic E-state index is -0.629. The summed E-state index contributed by atoms with van der Waals surface area (Å²) in [5.74, 6) is 0. The molecule has 1 aromatic rings. The van der Waals surface area contributed by atoms with E-state index >= 15 is 0 Å². The zero-order chi connectivity index (χ0) is 14.3. The average Bonchev–Trinajstić information content (AvgIpc) is 2.37. The van der Waals surface area contributed by atoms with Crippen LogP contribution in [0.4, 0.5) is 10.5 Å². The van der Waals surface area contributed by atoms with Gasteiger partial charge in [0.1, 0.15) is 0 Å². The number of hydrogen-bond acceptors (Lipinski definition) is 4. The van der Waals surface area contributed by atoms with E-state index in [1.54, 1.807) is 31.1 Å². The Morgan fingerprint density at radius 3 is 2.63 bits per heavy atom. The van der Waals surface area contributed by atoms with Crippen molar-refractivity contribution in [1.29, 1.82) is 0 Å². The fourth-order valence-corrected chi connectivity index (χ4v) is 1.09. The maximum absolute atomic E-state index is 11.1. The number of urea groups is 1. The number of nitrogens with zero attached hydrogens (tertiary/aromatic N) is 3. The molecule has 1 N–H and O–H groups in total. The Kier molecular flexibility index (Phi) is 5.42. The summed E-state index contributed by atoms with van der Waals surface area (Å²) in [4.78, 5) is 31.1. The van der Waals surface area contributed by atoms with Gasteiger partial charge in [0.25, 0.3) is 5.69 Å². The van der Waals surface area contributed by atoms with Crippen LogP contribution in [-0.4, -0.2) is 36.3 Å². The van der Waals surface area contributed by atoms with Crippen LogP contribution in [0.2, 0.25) is 0 Å². The van der Waals surface area contributed by atoms with Crippen molar-refractivity contribution in [3.8, 4) is 0 Å². The van der Waals surface area contributed by atoms with Crippen LogP contribution in [0.25, 0.3) is 0 Å². The number of hydrogen-bond donors (Lipinski definition) is 1. The summed E-state index contributed by atoms with van der Waals surface area (Å²) in [5.41, 5.74) is 2.83. The molecule has 0 radical (unpaired) electrons. The highest BCUT2D eigenvalue weighted by Crippen LogP contribution is 2.12. The van der Waals surface area contributed by atoms with Gasteiger partial charge in [0.2, 0.25) is 0 Å². The smallest absolute Gasteiger partial charge is 0.366 e. The van der Waals surface area contributed by atoms with E-state index in [0.717, 1.165) is 0 Å². The average molecular weight is 266 g/mol. The van der Waals surface area contributed by atoms with Crippen LogP contribution >= 0.6 is 0 Å². The Morgan fingerprint density at radius 2 is 2.11 bits per heavy atom. The molecule has 8 heteroatoms. The van der Waals surface area contributed by atoms with E-state index in [4.69, 9.17) is 4.84 Å². The lowest BCUT2D eigenvalue weighted by atomic mass is 10.2. The molecule has 1 rings (SSSR count). The number of nitro benzene ring substituents is 1. The van der Waals surface area contributed by atoms with Crippen molar-refractivity contribution in [3.63, 3.8) is 0 Å². The largest absolute Gasteiger partial charge is 0.369 e. The Morgan fingerprint density at radius 1 is 1.47 bits per heavy atom. The Labute approximate surface area is 109 Å². The molecular formula is C11H14N4O4. The SMILES string of the molecule is CN(C)/C=N/C(=O)NOCc1ccc([N+](=O)[O-])cc1. The van der Waals surface area contributed by atoms with Gasteiger partial charge in [0.05, 0.1) is 17.9 Å². The molecule has 0 aliphatic carbocycles. The molecule has 0 aliphatic heterocycles. The predicted molar refractivity (Wildman–Crippen MR) is 68.6 cm³/mol. The van der Waals surface area contributed by atoms with E-state index in [9.17, 15) is 14.9 Å². The number of hydroxylamine groups is 1. The van der Waals surface area contributed by atoms with Crippen LogP contribution in [0.5, 0.6) is 0 Å². The Balaban J connectivity index is 2.37. The van der Waals surface area contributed by atoms with Crippen molar-refractivity contribution < 1.29 is 14.6 Å². The number of nitrogens with one attached hydrogen (secondary N) is 1. The number of aliphatic imine (C=N–C) groups is 1. The monoisotopic (exact) mass is 266 g/mol. The first kappa shape index (κ1) is 14.6.